The van der Waals surface area contributed by atoms with Crippen molar-refractivity contribution in [3.63, 3.8) is 0 Å². The molecule has 0 bridgehead atoms. The second kappa shape index (κ2) is 11.3. The van der Waals surface area contributed by atoms with E-state index in [1.54, 1.807) is 6.07 Å². The van der Waals surface area contributed by atoms with Crippen molar-refractivity contribution in [3.8, 4) is 17.3 Å². The fourth-order valence-electron chi connectivity index (χ4n) is 5.08. The third kappa shape index (κ3) is 6.07. The average molecular weight is 515 g/mol. The number of rotatable bonds is 7. The Morgan fingerprint density at radius 3 is 2.46 bits per heavy atom. The van der Waals surface area contributed by atoms with Crippen LogP contribution >= 0.6 is 0 Å². The Bertz CT molecular complexity index is 1190. The molecule has 2 aromatic rings. The van der Waals surface area contributed by atoms with Crippen molar-refractivity contribution in [1.82, 2.24) is 19.4 Å². The Morgan fingerprint density at radius 2 is 1.84 bits per heavy atom. The van der Waals surface area contributed by atoms with E-state index in [9.17, 15) is 18.4 Å². The first-order chi connectivity index (χ1) is 17.7. The number of piperidine rings is 1. The molecule has 3 heterocycles. The highest BCUT2D eigenvalue weighted by atomic mass is 19.4. The first-order valence-corrected chi connectivity index (χ1v) is 12.6. The quantitative estimate of drug-likeness (QED) is 0.332. The number of aromatic nitrogens is 2. The van der Waals surface area contributed by atoms with E-state index < -0.39 is 11.7 Å². The smallest absolute Gasteiger partial charge is 0.384 e. The van der Waals surface area contributed by atoms with Crippen molar-refractivity contribution in [2.24, 2.45) is 16.5 Å². The van der Waals surface area contributed by atoms with Crippen LogP contribution in [0.4, 0.5) is 13.2 Å². The highest BCUT2D eigenvalue weighted by Gasteiger charge is 2.31. The van der Waals surface area contributed by atoms with Gasteiger partial charge in [-0.15, -0.1) is 0 Å². The molecule has 4 N–H and O–H groups in total. The van der Waals surface area contributed by atoms with E-state index in [0.717, 1.165) is 57.0 Å². The molecule has 1 aromatic carbocycles. The van der Waals surface area contributed by atoms with Gasteiger partial charge in [0.05, 0.1) is 11.3 Å². The van der Waals surface area contributed by atoms with Gasteiger partial charge in [0.15, 0.2) is 0 Å². The maximum atomic E-state index is 13.3. The lowest BCUT2D eigenvalue weighted by molar-refractivity contribution is -0.137. The molecule has 2 fully saturated rings. The summed E-state index contributed by atoms with van der Waals surface area (Å²) in [4.78, 5) is 13.1. The predicted molar refractivity (Wildman–Crippen MR) is 136 cm³/mol. The second-order valence-corrected chi connectivity index (χ2v) is 9.55. The Hall–Kier alpha value is -3.52. The van der Waals surface area contributed by atoms with Gasteiger partial charge >= 0.3 is 6.18 Å². The molecule has 198 valence electrons. The fraction of sp³-hybridized carbons (Fsp3) is 0.500. The number of nitriles is 1. The predicted octanol–water partition coefficient (Wildman–Crippen LogP) is 3.52. The highest BCUT2D eigenvalue weighted by molar-refractivity contribution is 6.00. The molecule has 2 saturated heterocycles. The molecular weight excluding hydrogens is 481 g/mol. The zero-order chi connectivity index (χ0) is 26.6. The van der Waals surface area contributed by atoms with Crippen LogP contribution in [-0.4, -0.2) is 65.0 Å². The summed E-state index contributed by atoms with van der Waals surface area (Å²) in [5.41, 5.74) is 12.6. The summed E-state index contributed by atoms with van der Waals surface area (Å²) in [6, 6.07) is 7.37. The molecule has 0 spiro atoms. The molecule has 0 atom stereocenters. The third-order valence-electron chi connectivity index (χ3n) is 7.21. The van der Waals surface area contributed by atoms with E-state index in [-0.39, 0.29) is 17.3 Å². The van der Waals surface area contributed by atoms with E-state index in [1.165, 1.54) is 26.0 Å². The summed E-state index contributed by atoms with van der Waals surface area (Å²) >= 11 is 0. The number of hydrogen-bond acceptors (Lipinski definition) is 6. The highest BCUT2D eigenvalue weighted by Crippen LogP contribution is 2.34. The summed E-state index contributed by atoms with van der Waals surface area (Å²) in [6.45, 7) is 4.96. The van der Waals surface area contributed by atoms with Crippen LogP contribution in [0.1, 0.15) is 43.0 Å². The van der Waals surface area contributed by atoms with Gasteiger partial charge in [0.1, 0.15) is 29.1 Å². The number of likely N-dealkylation sites (tertiary alicyclic amines) is 2. The number of aliphatic imine (C=N–C) groups is 1. The van der Waals surface area contributed by atoms with Crippen LogP contribution in [0.15, 0.2) is 46.8 Å². The molecule has 4 rings (SSSR count). The van der Waals surface area contributed by atoms with Gasteiger partial charge < -0.3 is 25.8 Å². The minimum absolute atomic E-state index is 0.102. The third-order valence-corrected chi connectivity index (χ3v) is 7.21. The lowest BCUT2D eigenvalue weighted by Gasteiger charge is -2.34. The molecule has 2 aliphatic rings. The van der Waals surface area contributed by atoms with Crippen LogP contribution in [-0.2, 0) is 12.7 Å². The van der Waals surface area contributed by atoms with Crippen LogP contribution in [0.25, 0.3) is 11.3 Å². The van der Waals surface area contributed by atoms with Crippen molar-refractivity contribution in [3.05, 3.63) is 53.2 Å². The van der Waals surface area contributed by atoms with E-state index >= 15 is 0 Å². The first kappa shape index (κ1) is 26.5. The van der Waals surface area contributed by atoms with Gasteiger partial charge in [-0.05, 0) is 50.9 Å². The van der Waals surface area contributed by atoms with Crippen molar-refractivity contribution < 1.29 is 13.2 Å². The number of amidine groups is 1. The largest absolute Gasteiger partial charge is 0.416 e. The summed E-state index contributed by atoms with van der Waals surface area (Å²) < 4.78 is 42.1. The van der Waals surface area contributed by atoms with Gasteiger partial charge in [-0.2, -0.15) is 18.4 Å². The Morgan fingerprint density at radius 1 is 1.14 bits per heavy atom. The van der Waals surface area contributed by atoms with Crippen LogP contribution in [0, 0.1) is 11.3 Å². The Labute approximate surface area is 215 Å². The van der Waals surface area contributed by atoms with Crippen molar-refractivity contribution >= 4 is 5.84 Å². The molecule has 0 saturated carbocycles. The van der Waals surface area contributed by atoms with Gasteiger partial charge in [0.25, 0.3) is 0 Å². The number of benzene rings is 1. The number of hydrogen-bond donors (Lipinski definition) is 2. The molecule has 0 amide bonds. The lowest BCUT2D eigenvalue weighted by atomic mass is 9.95. The number of nitrogens with two attached hydrogens (primary N) is 2. The number of imidazole rings is 1. The summed E-state index contributed by atoms with van der Waals surface area (Å²) in [5.74, 6) is 1.41. The van der Waals surface area contributed by atoms with Crippen LogP contribution in [0.3, 0.4) is 0 Å². The van der Waals surface area contributed by atoms with Gasteiger partial charge in [-0.3, -0.25) is 4.99 Å². The summed E-state index contributed by atoms with van der Waals surface area (Å²) in [6.07, 6.45) is 1.34. The second-order valence-electron chi connectivity index (χ2n) is 9.55. The first-order valence-electron chi connectivity index (χ1n) is 12.6. The average Bonchev–Trinajstić information content (AvgIpc) is 3.57. The van der Waals surface area contributed by atoms with Gasteiger partial charge in [-0.25, -0.2) is 4.98 Å². The maximum absolute atomic E-state index is 13.3. The number of alkyl halides is 3. The van der Waals surface area contributed by atoms with E-state index in [0.29, 0.717) is 30.2 Å². The molecule has 37 heavy (non-hydrogen) atoms. The monoisotopic (exact) mass is 514 g/mol. The van der Waals surface area contributed by atoms with Crippen molar-refractivity contribution in [2.45, 2.75) is 44.3 Å². The number of halogens is 3. The van der Waals surface area contributed by atoms with E-state index in [1.807, 2.05) is 17.2 Å². The van der Waals surface area contributed by atoms with Crippen LogP contribution in [0.2, 0.25) is 0 Å². The molecule has 0 radical (unpaired) electrons. The minimum Gasteiger partial charge on any atom is -0.384 e. The molecule has 8 nitrogen and oxygen atoms in total. The summed E-state index contributed by atoms with van der Waals surface area (Å²) in [7, 11) is 1.51. The molecule has 11 heteroatoms. The number of nitrogens with zero attached hydrogens (tertiary/aromatic N) is 6. The Kier molecular flexibility index (Phi) is 8.07. The zero-order valence-electron chi connectivity index (χ0n) is 21.0. The van der Waals surface area contributed by atoms with Crippen LogP contribution < -0.4 is 11.5 Å². The molecular formula is C26H33F3N8. The van der Waals surface area contributed by atoms with E-state index in [4.69, 9.17) is 16.5 Å². The van der Waals surface area contributed by atoms with Crippen LogP contribution in [0.5, 0.6) is 0 Å². The minimum atomic E-state index is -4.41. The molecule has 1 aromatic heterocycles. The molecule has 2 aliphatic heterocycles. The van der Waals surface area contributed by atoms with Gasteiger partial charge in [0, 0.05) is 50.9 Å². The normalized spacial score (nSPS) is 18.7. The maximum Gasteiger partial charge on any atom is 0.416 e. The Balaban J connectivity index is 1.58. The fourth-order valence-corrected chi connectivity index (χ4v) is 5.08. The topological polar surface area (TPSA) is 112 Å². The molecule has 0 aliphatic carbocycles. The van der Waals surface area contributed by atoms with E-state index in [2.05, 4.69) is 14.5 Å². The van der Waals surface area contributed by atoms with Crippen molar-refractivity contribution in [2.75, 3.05) is 39.8 Å². The van der Waals surface area contributed by atoms with Crippen molar-refractivity contribution in [1.29, 1.82) is 5.26 Å². The standard InChI is InChI=1S/C26H33F3N8/c1-33-23(31)21(16-30)24(32)36-11-7-18(8-12-36)25-34-22(17-37(25)14-13-35-9-2-3-10-35)19-5-4-6-20(15-19)26(27,28)29/h4-6,15,17-18H,2-3,7-14,32H2,1H3,(H2,31,33)/b24-21+. The SMILES string of the molecule is CN=C(N)/C(C#N)=C(\N)N1CCC(c2nc(-c3cccc(C(F)(F)F)c3)cn2CCN2CCCC2)CC1. The molecule has 0 unspecified atom stereocenters. The zero-order valence-corrected chi connectivity index (χ0v) is 21.0. The van der Waals surface area contributed by atoms with Gasteiger partial charge in [0.2, 0.25) is 0 Å². The summed E-state index contributed by atoms with van der Waals surface area (Å²) in [5, 5.41) is 9.46. The lowest BCUT2D eigenvalue weighted by Crippen LogP contribution is -2.38. The van der Waals surface area contributed by atoms with Gasteiger partial charge in [-0.1, -0.05) is 12.1 Å².